The number of likely N-dealkylation sites (tertiary alicyclic amines) is 1. The van der Waals surface area contributed by atoms with Gasteiger partial charge in [0.2, 0.25) is 11.8 Å². The van der Waals surface area contributed by atoms with Gasteiger partial charge in [-0.25, -0.2) is 0 Å². The molecule has 0 aromatic heterocycles. The second-order valence-electron chi connectivity index (χ2n) is 4.81. The molecule has 0 spiro atoms. The average Bonchev–Trinajstić information content (AvgIpc) is 2.38. The summed E-state index contributed by atoms with van der Waals surface area (Å²) >= 11 is 0. The van der Waals surface area contributed by atoms with Gasteiger partial charge in [-0.05, 0) is 32.1 Å². The molecule has 2 fully saturated rings. The normalized spacial score (nSPS) is 25.5. The number of nitrogens with zero attached hydrogens (tertiary/aromatic N) is 1. The molecule has 17 heavy (non-hydrogen) atoms. The Morgan fingerprint density at radius 1 is 1.29 bits per heavy atom. The highest BCUT2D eigenvalue weighted by atomic mass is 16.2. The largest absolute Gasteiger partial charge is 0.355 e. The van der Waals surface area contributed by atoms with E-state index < -0.39 is 0 Å². The van der Waals surface area contributed by atoms with Gasteiger partial charge in [-0.3, -0.25) is 14.9 Å². The van der Waals surface area contributed by atoms with Crippen molar-refractivity contribution in [2.24, 2.45) is 0 Å². The highest BCUT2D eigenvalue weighted by Crippen LogP contribution is 2.08. The highest BCUT2D eigenvalue weighted by molar-refractivity contribution is 5.84. The fraction of sp³-hybridized carbons (Fsp3) is 0.833. The van der Waals surface area contributed by atoms with Crippen LogP contribution in [0.25, 0.3) is 0 Å². The van der Waals surface area contributed by atoms with Gasteiger partial charge in [0.25, 0.3) is 0 Å². The van der Waals surface area contributed by atoms with Gasteiger partial charge in [0.1, 0.15) is 0 Å². The van der Waals surface area contributed by atoms with E-state index in [0.29, 0.717) is 0 Å². The Bertz CT molecular complexity index is 287. The Morgan fingerprint density at radius 3 is 2.76 bits per heavy atom. The molecule has 1 unspecified atom stereocenters. The molecule has 0 aliphatic carbocycles. The van der Waals surface area contributed by atoms with Crippen molar-refractivity contribution in [1.82, 2.24) is 15.5 Å². The van der Waals surface area contributed by atoms with Gasteiger partial charge in [0, 0.05) is 19.6 Å². The van der Waals surface area contributed by atoms with Crippen LogP contribution in [-0.4, -0.2) is 48.9 Å². The third-order valence-electron chi connectivity index (χ3n) is 3.49. The van der Waals surface area contributed by atoms with Crippen LogP contribution >= 0.6 is 0 Å². The monoisotopic (exact) mass is 239 g/mol. The molecule has 1 atom stereocenters. The highest BCUT2D eigenvalue weighted by Gasteiger charge is 2.23. The predicted molar refractivity (Wildman–Crippen MR) is 64.5 cm³/mol. The lowest BCUT2D eigenvalue weighted by Gasteiger charge is -2.28. The summed E-state index contributed by atoms with van der Waals surface area (Å²) in [5.74, 6) is 0.158. The Hall–Kier alpha value is -1.10. The molecule has 2 amide bonds. The maximum absolute atomic E-state index is 11.9. The van der Waals surface area contributed by atoms with Crippen molar-refractivity contribution in [3.05, 3.63) is 0 Å². The lowest BCUT2D eigenvalue weighted by atomic mass is 10.1. The fourth-order valence-electron chi connectivity index (χ4n) is 2.43. The van der Waals surface area contributed by atoms with E-state index in [0.717, 1.165) is 45.3 Å². The van der Waals surface area contributed by atoms with Gasteiger partial charge in [0.05, 0.1) is 12.6 Å². The van der Waals surface area contributed by atoms with Crippen molar-refractivity contribution in [2.45, 2.75) is 38.1 Å². The number of nitrogens with one attached hydrogen (secondary N) is 2. The number of piperidine rings is 2. The van der Waals surface area contributed by atoms with E-state index in [2.05, 4.69) is 10.6 Å². The summed E-state index contributed by atoms with van der Waals surface area (Å²) in [5, 5.41) is 5.87. The molecule has 5 heteroatoms. The molecule has 5 nitrogen and oxygen atoms in total. The molecular weight excluding hydrogens is 218 g/mol. The molecule has 0 saturated carbocycles. The minimum atomic E-state index is -0.183. The van der Waals surface area contributed by atoms with E-state index in [-0.39, 0.29) is 24.4 Å². The van der Waals surface area contributed by atoms with Crippen LogP contribution in [0.5, 0.6) is 0 Å². The van der Waals surface area contributed by atoms with Crippen LogP contribution in [0.3, 0.4) is 0 Å². The number of rotatable bonds is 3. The molecule has 2 N–H and O–H groups in total. The average molecular weight is 239 g/mol. The van der Waals surface area contributed by atoms with E-state index in [1.54, 1.807) is 0 Å². The van der Waals surface area contributed by atoms with E-state index >= 15 is 0 Å². The van der Waals surface area contributed by atoms with E-state index in [9.17, 15) is 9.59 Å². The number of hydrogen-bond donors (Lipinski definition) is 2. The Kier molecular flexibility index (Phi) is 4.36. The Balaban J connectivity index is 1.73. The van der Waals surface area contributed by atoms with Crippen LogP contribution in [0.2, 0.25) is 0 Å². The van der Waals surface area contributed by atoms with Crippen molar-refractivity contribution in [1.29, 1.82) is 0 Å². The molecule has 0 aromatic carbocycles. The molecule has 0 radical (unpaired) electrons. The lowest BCUT2D eigenvalue weighted by molar-refractivity contribution is -0.131. The van der Waals surface area contributed by atoms with Crippen LogP contribution in [0.15, 0.2) is 0 Å². The topological polar surface area (TPSA) is 61.4 Å². The standard InChI is InChI=1S/C12H21N3O2/c16-11(15-7-2-1-3-8-15)9-14-10-5-4-6-13-12(10)17/h10,14H,1-9H2,(H,13,17). The summed E-state index contributed by atoms with van der Waals surface area (Å²) in [7, 11) is 0. The van der Waals surface area contributed by atoms with Gasteiger partial charge < -0.3 is 10.2 Å². The molecule has 0 bridgehead atoms. The summed E-state index contributed by atoms with van der Waals surface area (Å²) in [6, 6.07) is -0.183. The minimum absolute atomic E-state index is 0.0303. The zero-order valence-electron chi connectivity index (χ0n) is 10.2. The van der Waals surface area contributed by atoms with Crippen LogP contribution in [0, 0.1) is 0 Å². The van der Waals surface area contributed by atoms with Crippen molar-refractivity contribution < 1.29 is 9.59 Å². The third-order valence-corrected chi connectivity index (χ3v) is 3.49. The SMILES string of the molecule is O=C1NCCCC1NCC(=O)N1CCCCC1. The van der Waals surface area contributed by atoms with Crippen molar-refractivity contribution in [3.8, 4) is 0 Å². The maximum atomic E-state index is 11.9. The van der Waals surface area contributed by atoms with E-state index in [1.165, 1.54) is 6.42 Å². The molecule has 2 rings (SSSR count). The van der Waals surface area contributed by atoms with Gasteiger partial charge in [0.15, 0.2) is 0 Å². The number of amides is 2. The zero-order chi connectivity index (χ0) is 12.1. The first-order chi connectivity index (χ1) is 8.27. The summed E-state index contributed by atoms with van der Waals surface area (Å²) < 4.78 is 0. The molecule has 0 aromatic rings. The van der Waals surface area contributed by atoms with Gasteiger partial charge in [-0.1, -0.05) is 0 Å². The van der Waals surface area contributed by atoms with Crippen LogP contribution < -0.4 is 10.6 Å². The van der Waals surface area contributed by atoms with Crippen LogP contribution in [-0.2, 0) is 9.59 Å². The van der Waals surface area contributed by atoms with E-state index in [1.807, 2.05) is 4.90 Å². The minimum Gasteiger partial charge on any atom is -0.355 e. The summed E-state index contributed by atoms with van der Waals surface area (Å²) in [6.07, 6.45) is 5.26. The second-order valence-corrected chi connectivity index (χ2v) is 4.81. The number of carbonyl (C=O) groups excluding carboxylic acids is 2. The lowest BCUT2D eigenvalue weighted by Crippen LogP contribution is -2.51. The zero-order valence-corrected chi connectivity index (χ0v) is 10.2. The van der Waals surface area contributed by atoms with Gasteiger partial charge >= 0.3 is 0 Å². The predicted octanol–water partition coefficient (Wildman–Crippen LogP) is -0.133. The Labute approximate surface area is 102 Å². The molecule has 2 aliphatic heterocycles. The molecule has 2 heterocycles. The fourth-order valence-corrected chi connectivity index (χ4v) is 2.43. The summed E-state index contributed by atoms with van der Waals surface area (Å²) in [5.41, 5.74) is 0. The first-order valence-electron chi connectivity index (χ1n) is 6.56. The van der Waals surface area contributed by atoms with Crippen LogP contribution in [0.1, 0.15) is 32.1 Å². The number of hydrogen-bond acceptors (Lipinski definition) is 3. The maximum Gasteiger partial charge on any atom is 0.237 e. The third kappa shape index (κ3) is 3.43. The second kappa shape index (κ2) is 6.00. The first-order valence-corrected chi connectivity index (χ1v) is 6.56. The summed E-state index contributed by atoms with van der Waals surface area (Å²) in [6.45, 7) is 2.80. The van der Waals surface area contributed by atoms with Crippen molar-refractivity contribution in [3.63, 3.8) is 0 Å². The smallest absolute Gasteiger partial charge is 0.237 e. The molecule has 96 valence electrons. The Morgan fingerprint density at radius 2 is 2.06 bits per heavy atom. The number of carbonyl (C=O) groups is 2. The van der Waals surface area contributed by atoms with Crippen molar-refractivity contribution in [2.75, 3.05) is 26.2 Å². The van der Waals surface area contributed by atoms with Gasteiger partial charge in [-0.15, -0.1) is 0 Å². The first kappa shape index (κ1) is 12.4. The van der Waals surface area contributed by atoms with E-state index in [4.69, 9.17) is 0 Å². The van der Waals surface area contributed by atoms with Crippen LogP contribution in [0.4, 0.5) is 0 Å². The van der Waals surface area contributed by atoms with Gasteiger partial charge in [-0.2, -0.15) is 0 Å². The molecule has 2 saturated heterocycles. The molecule has 2 aliphatic rings. The summed E-state index contributed by atoms with van der Waals surface area (Å²) in [4.78, 5) is 25.3. The quantitative estimate of drug-likeness (QED) is 0.721. The van der Waals surface area contributed by atoms with Crippen molar-refractivity contribution >= 4 is 11.8 Å². The molecular formula is C12H21N3O2.